The number of amidine groups is 2. The lowest BCUT2D eigenvalue weighted by molar-refractivity contribution is -0.119. The van der Waals surface area contributed by atoms with Gasteiger partial charge in [-0.05, 0) is 33.6 Å². The maximum absolute atomic E-state index is 12.1. The van der Waals surface area contributed by atoms with Gasteiger partial charge in [0.1, 0.15) is 5.84 Å². The molecule has 4 N–H and O–H groups in total. The summed E-state index contributed by atoms with van der Waals surface area (Å²) in [4.78, 5) is 37.7. The SMILES string of the molecule is CCOC(C)(C)CCCNC(=O)CSC1=NC2C(=O)N=C(N)N=C2N1CCO. The molecule has 2 aliphatic rings. The molecule has 0 bridgehead atoms. The number of aliphatic imine (C=N–C) groups is 3. The molecular weight excluding hydrogens is 384 g/mol. The van der Waals surface area contributed by atoms with Crippen LogP contribution in [0.2, 0.25) is 0 Å². The van der Waals surface area contributed by atoms with Crippen LogP contribution in [-0.2, 0) is 14.3 Å². The number of hydrogen-bond donors (Lipinski definition) is 3. The maximum atomic E-state index is 12.1. The van der Waals surface area contributed by atoms with Crippen molar-refractivity contribution >= 4 is 40.5 Å². The van der Waals surface area contributed by atoms with Gasteiger partial charge in [-0.25, -0.2) is 4.99 Å². The number of aliphatic hydroxyl groups excluding tert-OH is 1. The molecule has 10 nitrogen and oxygen atoms in total. The lowest BCUT2D eigenvalue weighted by Gasteiger charge is -2.24. The average Bonchev–Trinajstić information content (AvgIpc) is 2.95. The number of amides is 2. The number of nitrogens with one attached hydrogen (secondary N) is 1. The Morgan fingerprint density at radius 1 is 1.43 bits per heavy atom. The molecule has 0 saturated heterocycles. The fraction of sp³-hybridized carbons (Fsp3) is 0.706. The Bertz CT molecular complexity index is 691. The number of nitrogens with two attached hydrogens (primary N) is 1. The molecule has 0 aromatic carbocycles. The van der Waals surface area contributed by atoms with Crippen molar-refractivity contribution < 1.29 is 19.4 Å². The molecule has 0 aliphatic carbocycles. The monoisotopic (exact) mass is 412 g/mol. The Kier molecular flexibility index (Phi) is 7.96. The lowest BCUT2D eigenvalue weighted by Crippen LogP contribution is -2.42. The summed E-state index contributed by atoms with van der Waals surface area (Å²) >= 11 is 1.18. The van der Waals surface area contributed by atoms with Gasteiger partial charge in [0.2, 0.25) is 11.9 Å². The summed E-state index contributed by atoms with van der Waals surface area (Å²) in [5.41, 5.74) is 5.34. The third-order valence-corrected chi connectivity index (χ3v) is 5.14. The standard InChI is InChI=1S/C17H28N6O4S/c1-4-27-17(2,3)6-5-7-19-11(25)10-28-16-20-12-13(23(16)8-9-24)21-15(18)22-14(12)26/h12,24H,4-10H2,1-3H3,(H,19,25)(H2,18,22,26). The van der Waals surface area contributed by atoms with Crippen LogP contribution in [0.3, 0.4) is 0 Å². The second kappa shape index (κ2) is 9.99. The van der Waals surface area contributed by atoms with E-state index in [9.17, 15) is 14.7 Å². The van der Waals surface area contributed by atoms with Gasteiger partial charge in [-0.3, -0.25) is 9.59 Å². The van der Waals surface area contributed by atoms with E-state index in [1.54, 1.807) is 4.90 Å². The van der Waals surface area contributed by atoms with E-state index in [4.69, 9.17) is 10.5 Å². The molecule has 0 saturated carbocycles. The minimum Gasteiger partial charge on any atom is -0.395 e. The van der Waals surface area contributed by atoms with E-state index >= 15 is 0 Å². The van der Waals surface area contributed by atoms with Crippen LogP contribution >= 0.6 is 11.8 Å². The van der Waals surface area contributed by atoms with Crippen molar-refractivity contribution in [3.05, 3.63) is 0 Å². The summed E-state index contributed by atoms with van der Waals surface area (Å²) in [6, 6.07) is -0.856. The maximum Gasteiger partial charge on any atom is 0.281 e. The normalized spacial score (nSPS) is 19.1. The van der Waals surface area contributed by atoms with Gasteiger partial charge in [0.05, 0.1) is 18.0 Å². The summed E-state index contributed by atoms with van der Waals surface area (Å²) < 4.78 is 5.63. The number of ether oxygens (including phenoxy) is 1. The molecule has 2 aliphatic heterocycles. The largest absolute Gasteiger partial charge is 0.395 e. The third-order valence-electron chi connectivity index (χ3n) is 4.15. The second-order valence-electron chi connectivity index (χ2n) is 6.90. The molecule has 0 radical (unpaired) electrons. The molecule has 0 spiro atoms. The molecule has 2 rings (SSSR count). The first-order chi connectivity index (χ1) is 13.3. The molecule has 0 aromatic rings. The van der Waals surface area contributed by atoms with Crippen LogP contribution < -0.4 is 11.1 Å². The number of hydrogen-bond acceptors (Lipinski definition) is 9. The Hall–Kier alpha value is -1.98. The molecule has 0 fully saturated rings. The van der Waals surface area contributed by atoms with Gasteiger partial charge in [0.15, 0.2) is 11.2 Å². The number of carbonyl (C=O) groups is 2. The number of rotatable bonds is 10. The van der Waals surface area contributed by atoms with E-state index in [-0.39, 0.29) is 36.4 Å². The van der Waals surface area contributed by atoms with Crippen LogP contribution in [0.1, 0.15) is 33.6 Å². The molecule has 28 heavy (non-hydrogen) atoms. The van der Waals surface area contributed by atoms with Gasteiger partial charge in [0.25, 0.3) is 5.91 Å². The van der Waals surface area contributed by atoms with Crippen molar-refractivity contribution in [2.75, 3.05) is 32.1 Å². The average molecular weight is 413 g/mol. The Morgan fingerprint density at radius 2 is 2.18 bits per heavy atom. The van der Waals surface area contributed by atoms with Crippen LogP contribution in [0, 0.1) is 0 Å². The molecule has 1 unspecified atom stereocenters. The highest BCUT2D eigenvalue weighted by Gasteiger charge is 2.39. The number of fused-ring (bicyclic) bond motifs is 1. The van der Waals surface area contributed by atoms with Gasteiger partial charge < -0.3 is 25.8 Å². The van der Waals surface area contributed by atoms with Crippen molar-refractivity contribution in [3.63, 3.8) is 0 Å². The highest BCUT2D eigenvalue weighted by Crippen LogP contribution is 2.23. The zero-order valence-electron chi connectivity index (χ0n) is 16.5. The highest BCUT2D eigenvalue weighted by atomic mass is 32.2. The predicted octanol–water partition coefficient (Wildman–Crippen LogP) is -0.283. The number of carbonyl (C=O) groups excluding carboxylic acids is 2. The van der Waals surface area contributed by atoms with E-state index in [1.807, 2.05) is 20.8 Å². The van der Waals surface area contributed by atoms with Crippen LogP contribution in [0.5, 0.6) is 0 Å². The summed E-state index contributed by atoms with van der Waals surface area (Å²) in [5.74, 6) is -0.284. The van der Waals surface area contributed by atoms with Crippen molar-refractivity contribution in [2.24, 2.45) is 20.7 Å². The van der Waals surface area contributed by atoms with E-state index in [1.165, 1.54) is 11.8 Å². The molecular formula is C17H28N6O4S. The second-order valence-corrected chi connectivity index (χ2v) is 7.85. The van der Waals surface area contributed by atoms with E-state index in [0.29, 0.717) is 24.2 Å². The summed E-state index contributed by atoms with van der Waals surface area (Å²) in [6.45, 7) is 7.29. The third kappa shape index (κ3) is 6.01. The zero-order valence-corrected chi connectivity index (χ0v) is 17.3. The summed E-state index contributed by atoms with van der Waals surface area (Å²) in [6.07, 6.45) is 1.65. The zero-order chi connectivity index (χ0) is 20.7. The molecule has 156 valence electrons. The Labute approximate surface area is 168 Å². The Balaban J connectivity index is 1.83. The fourth-order valence-electron chi connectivity index (χ4n) is 2.90. The van der Waals surface area contributed by atoms with Crippen LogP contribution in [0.4, 0.5) is 0 Å². The summed E-state index contributed by atoms with van der Waals surface area (Å²) in [5, 5.41) is 12.6. The Morgan fingerprint density at radius 3 is 2.86 bits per heavy atom. The van der Waals surface area contributed by atoms with Gasteiger partial charge in [-0.1, -0.05) is 11.8 Å². The van der Waals surface area contributed by atoms with Crippen LogP contribution in [0.25, 0.3) is 0 Å². The topological polar surface area (TPSA) is 142 Å². The molecule has 11 heteroatoms. The van der Waals surface area contributed by atoms with Crippen molar-refractivity contribution in [2.45, 2.75) is 45.3 Å². The van der Waals surface area contributed by atoms with Crippen molar-refractivity contribution in [1.82, 2.24) is 10.2 Å². The van der Waals surface area contributed by atoms with Crippen molar-refractivity contribution in [3.8, 4) is 0 Å². The minimum absolute atomic E-state index is 0.131. The fourth-order valence-corrected chi connectivity index (χ4v) is 3.78. The van der Waals surface area contributed by atoms with Crippen LogP contribution in [-0.4, -0.2) is 82.5 Å². The first kappa shape index (κ1) is 22.3. The quantitative estimate of drug-likeness (QED) is 0.419. The van der Waals surface area contributed by atoms with Crippen molar-refractivity contribution in [1.29, 1.82) is 0 Å². The number of β-amino-alcohol motifs (C(OH)–C–C–N with tert-alkyl or cyclic N) is 1. The van der Waals surface area contributed by atoms with Gasteiger partial charge in [-0.15, -0.1) is 0 Å². The van der Waals surface area contributed by atoms with E-state index < -0.39 is 11.9 Å². The number of guanidine groups is 1. The molecule has 0 aromatic heterocycles. The first-order valence-electron chi connectivity index (χ1n) is 9.23. The smallest absolute Gasteiger partial charge is 0.281 e. The van der Waals surface area contributed by atoms with Gasteiger partial charge in [0, 0.05) is 19.7 Å². The first-order valence-corrected chi connectivity index (χ1v) is 10.2. The molecule has 2 amide bonds. The number of thioether (sulfide) groups is 1. The number of nitrogens with zero attached hydrogens (tertiary/aromatic N) is 4. The predicted molar refractivity (Wildman–Crippen MR) is 109 cm³/mol. The van der Waals surface area contributed by atoms with E-state index in [0.717, 1.165) is 12.8 Å². The van der Waals surface area contributed by atoms with E-state index in [2.05, 4.69) is 20.3 Å². The highest BCUT2D eigenvalue weighted by molar-refractivity contribution is 8.14. The molecule has 1 atom stereocenters. The minimum atomic E-state index is -0.856. The molecule has 2 heterocycles. The van der Waals surface area contributed by atoms with Gasteiger partial charge in [-0.2, -0.15) is 9.98 Å². The van der Waals surface area contributed by atoms with Crippen LogP contribution in [0.15, 0.2) is 15.0 Å². The summed E-state index contributed by atoms with van der Waals surface area (Å²) in [7, 11) is 0. The van der Waals surface area contributed by atoms with Gasteiger partial charge >= 0.3 is 0 Å². The lowest BCUT2D eigenvalue weighted by atomic mass is 10.0. The number of aliphatic hydroxyl groups is 1.